The van der Waals surface area contributed by atoms with E-state index in [2.05, 4.69) is 31.9 Å². The third-order valence-electron chi connectivity index (χ3n) is 3.60. The molecule has 0 saturated heterocycles. The first-order valence-electron chi connectivity index (χ1n) is 6.90. The van der Waals surface area contributed by atoms with Crippen LogP contribution in [0.15, 0.2) is 48.8 Å². The monoisotopic (exact) mass is 278 g/mol. The molecule has 0 atom stereocenters. The van der Waals surface area contributed by atoms with Crippen LogP contribution in [-0.4, -0.2) is 19.7 Å². The van der Waals surface area contributed by atoms with Gasteiger partial charge in [-0.2, -0.15) is 0 Å². The highest BCUT2D eigenvalue weighted by atomic mass is 16.5. The quantitative estimate of drug-likeness (QED) is 0.721. The molecular weight excluding hydrogens is 264 g/mol. The molecule has 5 heteroatoms. The zero-order valence-electron chi connectivity index (χ0n) is 11.4. The van der Waals surface area contributed by atoms with Gasteiger partial charge in [0.1, 0.15) is 12.4 Å². The Morgan fingerprint density at radius 1 is 1.05 bits per heavy atom. The van der Waals surface area contributed by atoms with Gasteiger partial charge in [-0.25, -0.2) is 0 Å². The molecule has 104 valence electrons. The van der Waals surface area contributed by atoms with Gasteiger partial charge in [0.25, 0.3) is 0 Å². The lowest BCUT2D eigenvalue weighted by Crippen LogP contribution is -2.06. The summed E-state index contributed by atoms with van der Waals surface area (Å²) in [5.41, 5.74) is 3.38. The number of hydrogen-bond acceptors (Lipinski definition) is 4. The molecule has 0 bridgehead atoms. The first kappa shape index (κ1) is 12.2. The highest BCUT2D eigenvalue weighted by Gasteiger charge is 2.19. The van der Waals surface area contributed by atoms with Crippen LogP contribution in [0.2, 0.25) is 0 Å². The van der Waals surface area contributed by atoms with Crippen LogP contribution in [0.4, 0.5) is 0 Å². The third kappa shape index (κ3) is 2.21. The average Bonchev–Trinajstić information content (AvgIpc) is 2.82. The van der Waals surface area contributed by atoms with Gasteiger partial charge in [-0.05, 0) is 17.7 Å². The minimum absolute atomic E-state index is 0.481. The Bertz CT molecular complexity index is 767. The van der Waals surface area contributed by atoms with E-state index in [1.54, 1.807) is 6.20 Å². The van der Waals surface area contributed by atoms with Crippen molar-refractivity contribution in [1.82, 2.24) is 19.7 Å². The van der Waals surface area contributed by atoms with E-state index in [0.29, 0.717) is 19.6 Å². The van der Waals surface area contributed by atoms with Crippen molar-refractivity contribution < 1.29 is 4.74 Å². The van der Waals surface area contributed by atoms with E-state index in [1.165, 1.54) is 0 Å². The highest BCUT2D eigenvalue weighted by Crippen LogP contribution is 2.24. The van der Waals surface area contributed by atoms with Gasteiger partial charge in [-0.1, -0.05) is 24.3 Å². The second kappa shape index (κ2) is 5.10. The van der Waals surface area contributed by atoms with Gasteiger partial charge < -0.3 is 4.74 Å². The summed E-state index contributed by atoms with van der Waals surface area (Å²) in [7, 11) is 0. The Morgan fingerprint density at radius 2 is 2.00 bits per heavy atom. The molecule has 21 heavy (non-hydrogen) atoms. The summed E-state index contributed by atoms with van der Waals surface area (Å²) in [6.45, 7) is 1.08. The molecule has 1 aliphatic rings. The Labute approximate surface area is 122 Å². The van der Waals surface area contributed by atoms with Gasteiger partial charge in [0, 0.05) is 24.4 Å². The number of rotatable bonds is 2. The Balaban J connectivity index is 1.82. The summed E-state index contributed by atoms with van der Waals surface area (Å²) in [4.78, 5) is 4.16. The average molecular weight is 278 g/mol. The van der Waals surface area contributed by atoms with Crippen molar-refractivity contribution >= 4 is 0 Å². The molecule has 3 heterocycles. The molecule has 0 spiro atoms. The van der Waals surface area contributed by atoms with Crippen LogP contribution in [-0.2, 0) is 24.4 Å². The van der Waals surface area contributed by atoms with Crippen LogP contribution in [0.1, 0.15) is 22.8 Å². The van der Waals surface area contributed by atoms with Crippen molar-refractivity contribution in [1.29, 1.82) is 0 Å². The number of ether oxygens (including phenoxy) is 1. The van der Waals surface area contributed by atoms with Crippen LogP contribution in [0.5, 0.6) is 0 Å². The number of fused-ring (bicyclic) bond motifs is 3. The topological polar surface area (TPSA) is 52.8 Å². The van der Waals surface area contributed by atoms with Crippen molar-refractivity contribution in [2.24, 2.45) is 0 Å². The maximum absolute atomic E-state index is 5.68. The molecule has 4 rings (SSSR count). The van der Waals surface area contributed by atoms with E-state index in [9.17, 15) is 0 Å². The summed E-state index contributed by atoms with van der Waals surface area (Å²) in [5.74, 6) is 1.76. The molecule has 0 N–H and O–H groups in total. The van der Waals surface area contributed by atoms with Gasteiger partial charge >= 0.3 is 0 Å². The predicted molar refractivity (Wildman–Crippen MR) is 76.9 cm³/mol. The number of para-hydroxylation sites is 1. The number of nitrogens with zero attached hydrogens (tertiary/aromatic N) is 4. The fourth-order valence-electron chi connectivity index (χ4n) is 2.63. The Hall–Kier alpha value is -2.53. The van der Waals surface area contributed by atoms with Crippen molar-refractivity contribution in [2.75, 3.05) is 0 Å². The van der Waals surface area contributed by atoms with Gasteiger partial charge in [-0.15, -0.1) is 10.2 Å². The number of pyridine rings is 1. The molecule has 0 amide bonds. The lowest BCUT2D eigenvalue weighted by atomic mass is 10.1. The molecule has 0 unspecified atom stereocenters. The lowest BCUT2D eigenvalue weighted by molar-refractivity contribution is 0.105. The van der Waals surface area contributed by atoms with Crippen LogP contribution in [0.25, 0.3) is 5.69 Å². The summed E-state index contributed by atoms with van der Waals surface area (Å²) in [6.07, 6.45) is 4.34. The fraction of sp³-hybridized carbons (Fsp3) is 0.188. The molecule has 0 fully saturated rings. The normalized spacial score (nSPS) is 13.3. The van der Waals surface area contributed by atoms with Gasteiger partial charge in [-0.3, -0.25) is 9.55 Å². The first-order valence-corrected chi connectivity index (χ1v) is 6.90. The second-order valence-electron chi connectivity index (χ2n) is 5.03. The molecule has 3 aromatic rings. The molecule has 1 aromatic carbocycles. The van der Waals surface area contributed by atoms with Crippen molar-refractivity contribution in [3.63, 3.8) is 0 Å². The number of hydrogen-bond donors (Lipinski definition) is 0. The molecule has 0 saturated carbocycles. The largest absolute Gasteiger partial charge is 0.369 e. The standard InChI is InChI=1S/C16H14N4O/c1-2-6-14-13(5-1)10-21-11-16-19-18-15(20(14)16)8-12-4-3-7-17-9-12/h1-7,9H,8,10-11H2. The highest BCUT2D eigenvalue weighted by molar-refractivity contribution is 5.43. The van der Waals surface area contributed by atoms with Crippen molar-refractivity contribution in [3.05, 3.63) is 71.6 Å². The summed E-state index contributed by atoms with van der Waals surface area (Å²) in [5, 5.41) is 8.62. The molecule has 5 nitrogen and oxygen atoms in total. The Morgan fingerprint density at radius 3 is 2.90 bits per heavy atom. The minimum Gasteiger partial charge on any atom is -0.369 e. The summed E-state index contributed by atoms with van der Waals surface area (Å²) < 4.78 is 7.78. The summed E-state index contributed by atoms with van der Waals surface area (Å²) >= 11 is 0. The number of benzene rings is 1. The van der Waals surface area contributed by atoms with E-state index >= 15 is 0 Å². The minimum atomic E-state index is 0.481. The van der Waals surface area contributed by atoms with Crippen LogP contribution in [0, 0.1) is 0 Å². The Kier molecular flexibility index (Phi) is 2.97. The molecule has 0 radical (unpaired) electrons. The molecular formula is C16H14N4O. The summed E-state index contributed by atoms with van der Waals surface area (Å²) in [6, 6.07) is 12.2. The van der Waals surface area contributed by atoms with Gasteiger partial charge in [0.2, 0.25) is 0 Å². The van der Waals surface area contributed by atoms with Gasteiger partial charge in [0.15, 0.2) is 5.82 Å². The van der Waals surface area contributed by atoms with E-state index in [1.807, 2.05) is 30.5 Å². The van der Waals surface area contributed by atoms with Crippen LogP contribution in [0.3, 0.4) is 0 Å². The second-order valence-corrected chi connectivity index (χ2v) is 5.03. The van der Waals surface area contributed by atoms with Crippen LogP contribution < -0.4 is 0 Å². The van der Waals surface area contributed by atoms with Crippen LogP contribution >= 0.6 is 0 Å². The third-order valence-corrected chi connectivity index (χ3v) is 3.60. The van der Waals surface area contributed by atoms with Gasteiger partial charge in [0.05, 0.1) is 12.3 Å². The van der Waals surface area contributed by atoms with E-state index in [4.69, 9.17) is 4.74 Å². The van der Waals surface area contributed by atoms with E-state index in [0.717, 1.165) is 28.5 Å². The zero-order valence-corrected chi connectivity index (χ0v) is 11.4. The van der Waals surface area contributed by atoms with E-state index < -0.39 is 0 Å². The smallest absolute Gasteiger partial charge is 0.163 e. The maximum atomic E-state index is 5.68. The lowest BCUT2D eigenvalue weighted by Gasteiger charge is -2.10. The predicted octanol–water partition coefficient (Wildman–Crippen LogP) is 2.28. The van der Waals surface area contributed by atoms with E-state index in [-0.39, 0.29) is 0 Å². The van der Waals surface area contributed by atoms with Crippen molar-refractivity contribution in [3.8, 4) is 5.69 Å². The van der Waals surface area contributed by atoms with Crippen molar-refractivity contribution in [2.45, 2.75) is 19.6 Å². The zero-order chi connectivity index (χ0) is 14.1. The number of aromatic nitrogens is 4. The molecule has 1 aliphatic heterocycles. The maximum Gasteiger partial charge on any atom is 0.163 e. The fourth-order valence-corrected chi connectivity index (χ4v) is 2.63. The first-order chi connectivity index (χ1) is 10.4. The SMILES string of the molecule is c1cncc(Cc2nnc3n2-c2ccccc2COC3)c1. The molecule has 2 aromatic heterocycles. The molecule has 0 aliphatic carbocycles.